The minimum Gasteiger partial charge on any atom is -0.470 e. The minimum absolute atomic E-state index is 0.127. The number of piperidine rings is 1. The van der Waals surface area contributed by atoms with Gasteiger partial charge >= 0.3 is 0 Å². The van der Waals surface area contributed by atoms with Gasteiger partial charge in [0.15, 0.2) is 5.72 Å². The van der Waals surface area contributed by atoms with E-state index in [1.165, 1.54) is 11.1 Å². The lowest BCUT2D eigenvalue weighted by atomic mass is 9.93. The quantitative estimate of drug-likeness (QED) is 0.794. The van der Waals surface area contributed by atoms with Crippen LogP contribution in [0.3, 0.4) is 0 Å². The van der Waals surface area contributed by atoms with Crippen molar-refractivity contribution in [2.24, 2.45) is 0 Å². The number of nitrogens with zero attached hydrogens (tertiary/aromatic N) is 1. The molecule has 0 radical (unpaired) electrons. The van der Waals surface area contributed by atoms with E-state index >= 15 is 0 Å². The molecule has 0 amide bonds. The molecule has 0 aliphatic carbocycles. The van der Waals surface area contributed by atoms with Crippen molar-refractivity contribution in [3.8, 4) is 5.75 Å². The summed E-state index contributed by atoms with van der Waals surface area (Å²) >= 11 is 6.32. The number of nitrogens with one attached hydrogen (secondary N) is 2. The number of fused-ring (bicyclic) bond motifs is 4. The normalized spacial score (nSPS) is 29.5. The molecule has 2 aromatic carbocycles. The number of hydrogen-bond donors (Lipinski definition) is 2. The zero-order valence-corrected chi connectivity index (χ0v) is 16.5. The molecule has 27 heavy (non-hydrogen) atoms. The molecule has 1 saturated heterocycles. The second-order valence-electron chi connectivity index (χ2n) is 8.06. The number of aryl methyl sites for hydroxylation is 1. The molecule has 0 saturated carbocycles. The highest BCUT2D eigenvalue weighted by molar-refractivity contribution is 6.30. The zero-order valence-electron chi connectivity index (χ0n) is 15.8. The fraction of sp³-hybridized carbons (Fsp3) is 0.364. The number of benzene rings is 2. The Balaban J connectivity index is 1.58. The summed E-state index contributed by atoms with van der Waals surface area (Å²) in [5.74, 6) is 0.961. The van der Waals surface area contributed by atoms with Gasteiger partial charge in [-0.1, -0.05) is 41.4 Å². The van der Waals surface area contributed by atoms with Crippen LogP contribution in [0.25, 0.3) is 5.70 Å². The van der Waals surface area contributed by atoms with Gasteiger partial charge in [-0.2, -0.15) is 5.01 Å². The predicted molar refractivity (Wildman–Crippen MR) is 108 cm³/mol. The SMILES string of the molecule is Cc1ccc(C2=C[C@H]3c4cc(Cl)ccc4OC4(CC[NH+](C)CC4)N3N2)cc1. The predicted octanol–water partition coefficient (Wildman–Crippen LogP) is 2.95. The monoisotopic (exact) mass is 382 g/mol. The third kappa shape index (κ3) is 2.83. The van der Waals surface area contributed by atoms with Crippen LogP contribution in [-0.4, -0.2) is 30.9 Å². The second kappa shape index (κ2) is 6.26. The van der Waals surface area contributed by atoms with Gasteiger partial charge in [-0.15, -0.1) is 0 Å². The van der Waals surface area contributed by atoms with Crippen LogP contribution in [0.1, 0.15) is 35.6 Å². The van der Waals surface area contributed by atoms with Crippen molar-refractivity contribution in [3.63, 3.8) is 0 Å². The van der Waals surface area contributed by atoms with Crippen molar-refractivity contribution in [3.05, 3.63) is 70.3 Å². The summed E-state index contributed by atoms with van der Waals surface area (Å²) in [6.45, 7) is 4.33. The molecule has 3 heterocycles. The molecule has 1 spiro atoms. The zero-order chi connectivity index (χ0) is 18.6. The van der Waals surface area contributed by atoms with Crippen molar-refractivity contribution < 1.29 is 9.64 Å². The van der Waals surface area contributed by atoms with Crippen molar-refractivity contribution in [1.29, 1.82) is 0 Å². The number of rotatable bonds is 1. The first-order valence-electron chi connectivity index (χ1n) is 9.69. The Bertz CT molecular complexity index is 900. The van der Waals surface area contributed by atoms with Crippen LogP contribution in [0.5, 0.6) is 5.75 Å². The Morgan fingerprint density at radius 2 is 1.89 bits per heavy atom. The number of hydrazine groups is 1. The van der Waals surface area contributed by atoms with Crippen LogP contribution in [0.2, 0.25) is 5.02 Å². The Morgan fingerprint density at radius 3 is 2.63 bits per heavy atom. The van der Waals surface area contributed by atoms with Crippen LogP contribution >= 0.6 is 11.6 Å². The van der Waals surface area contributed by atoms with Gasteiger partial charge in [0.1, 0.15) is 5.75 Å². The van der Waals surface area contributed by atoms with Crippen molar-refractivity contribution in [2.45, 2.75) is 31.5 Å². The van der Waals surface area contributed by atoms with Gasteiger partial charge in [0.25, 0.3) is 0 Å². The van der Waals surface area contributed by atoms with Crippen molar-refractivity contribution in [1.82, 2.24) is 10.4 Å². The van der Waals surface area contributed by atoms with Gasteiger partial charge in [-0.05, 0) is 36.8 Å². The minimum atomic E-state index is -0.312. The van der Waals surface area contributed by atoms with Gasteiger partial charge in [0.2, 0.25) is 0 Å². The topological polar surface area (TPSA) is 28.9 Å². The molecule has 3 aliphatic heterocycles. The lowest BCUT2D eigenvalue weighted by molar-refractivity contribution is -0.888. The molecule has 4 nitrogen and oxygen atoms in total. The summed E-state index contributed by atoms with van der Waals surface area (Å²) in [7, 11) is 2.26. The highest BCUT2D eigenvalue weighted by atomic mass is 35.5. The number of halogens is 1. The fourth-order valence-electron chi connectivity index (χ4n) is 4.45. The maximum Gasteiger partial charge on any atom is 0.191 e. The summed E-state index contributed by atoms with van der Waals surface area (Å²) in [5.41, 5.74) is 8.11. The highest BCUT2D eigenvalue weighted by Gasteiger charge is 2.52. The Hall–Kier alpha value is -2.01. The molecule has 2 aromatic rings. The Labute approximate surface area is 165 Å². The standard InChI is InChI=1S/C22H24ClN3O/c1-15-3-5-16(6-4-15)19-14-20-18-13-17(23)7-8-21(18)27-22(26(20)24-19)9-11-25(2)12-10-22/h3-8,13-14,20,24H,9-12H2,1-2H3/p+1/t20-/m0/s1. The lowest BCUT2D eigenvalue weighted by Crippen LogP contribution is -3.11. The van der Waals surface area contributed by atoms with E-state index in [-0.39, 0.29) is 11.8 Å². The number of hydrogen-bond acceptors (Lipinski definition) is 3. The van der Waals surface area contributed by atoms with E-state index in [9.17, 15) is 0 Å². The van der Waals surface area contributed by atoms with Crippen molar-refractivity contribution in [2.75, 3.05) is 20.1 Å². The first-order valence-corrected chi connectivity index (χ1v) is 10.1. The van der Waals surface area contributed by atoms with Gasteiger partial charge in [-0.3, -0.25) is 0 Å². The Kier molecular flexibility index (Phi) is 3.97. The third-order valence-electron chi connectivity index (χ3n) is 6.12. The van der Waals surface area contributed by atoms with Gasteiger partial charge < -0.3 is 15.1 Å². The first-order chi connectivity index (χ1) is 13.0. The average Bonchev–Trinajstić information content (AvgIpc) is 3.12. The molecule has 0 unspecified atom stereocenters. The fourth-order valence-corrected chi connectivity index (χ4v) is 4.64. The van der Waals surface area contributed by atoms with Crippen LogP contribution < -0.4 is 15.1 Å². The number of quaternary nitrogens is 1. The van der Waals surface area contributed by atoms with E-state index in [0.717, 1.165) is 48.0 Å². The number of likely N-dealkylation sites (tertiary alicyclic amines) is 1. The summed E-state index contributed by atoms with van der Waals surface area (Å²) in [4.78, 5) is 1.56. The molecular formula is C22H25ClN3O+. The molecule has 140 valence electrons. The van der Waals surface area contributed by atoms with E-state index in [1.807, 2.05) is 18.2 Å². The largest absolute Gasteiger partial charge is 0.470 e. The van der Waals surface area contributed by atoms with Crippen LogP contribution in [0, 0.1) is 6.92 Å². The Morgan fingerprint density at radius 1 is 1.15 bits per heavy atom. The average molecular weight is 383 g/mol. The second-order valence-corrected chi connectivity index (χ2v) is 8.50. The van der Waals surface area contributed by atoms with E-state index in [4.69, 9.17) is 16.3 Å². The molecule has 0 bridgehead atoms. The smallest absolute Gasteiger partial charge is 0.191 e. The molecule has 1 fully saturated rings. The van der Waals surface area contributed by atoms with Gasteiger partial charge in [-0.25, -0.2) is 0 Å². The molecule has 5 rings (SSSR count). The van der Waals surface area contributed by atoms with E-state index in [1.54, 1.807) is 4.90 Å². The van der Waals surface area contributed by atoms with Gasteiger partial charge in [0.05, 0.1) is 44.7 Å². The van der Waals surface area contributed by atoms with E-state index in [0.29, 0.717) is 0 Å². The van der Waals surface area contributed by atoms with Crippen LogP contribution in [0.15, 0.2) is 48.5 Å². The number of ether oxygens (including phenoxy) is 1. The molecule has 1 atom stereocenters. The molecule has 0 aromatic heterocycles. The summed E-state index contributed by atoms with van der Waals surface area (Å²) in [6, 6.07) is 14.8. The molecule has 5 heteroatoms. The van der Waals surface area contributed by atoms with Crippen LogP contribution in [0.4, 0.5) is 0 Å². The summed E-state index contributed by atoms with van der Waals surface area (Å²) in [6.07, 6.45) is 4.31. The summed E-state index contributed by atoms with van der Waals surface area (Å²) in [5, 5.41) is 3.08. The molecule has 3 aliphatic rings. The maximum atomic E-state index is 6.64. The lowest BCUT2D eigenvalue weighted by Gasteiger charge is -2.50. The van der Waals surface area contributed by atoms with E-state index < -0.39 is 0 Å². The van der Waals surface area contributed by atoms with Crippen LogP contribution in [-0.2, 0) is 0 Å². The molecule has 2 N–H and O–H groups in total. The van der Waals surface area contributed by atoms with E-state index in [2.05, 4.69) is 54.7 Å². The highest BCUT2D eigenvalue weighted by Crippen LogP contribution is 2.48. The van der Waals surface area contributed by atoms with Gasteiger partial charge in [0, 0.05) is 10.6 Å². The summed E-state index contributed by atoms with van der Waals surface area (Å²) < 4.78 is 6.64. The maximum absolute atomic E-state index is 6.64. The van der Waals surface area contributed by atoms with Crippen molar-refractivity contribution >= 4 is 17.3 Å². The first kappa shape index (κ1) is 17.1. The third-order valence-corrected chi connectivity index (χ3v) is 6.36. The molecular weight excluding hydrogens is 358 g/mol.